The van der Waals surface area contributed by atoms with Crippen LogP contribution in [0.3, 0.4) is 0 Å². The number of anilines is 1. The van der Waals surface area contributed by atoms with Gasteiger partial charge >= 0.3 is 0 Å². The maximum Gasteiger partial charge on any atom is 0.128 e. The summed E-state index contributed by atoms with van der Waals surface area (Å²) in [6.07, 6.45) is 12.8. The van der Waals surface area contributed by atoms with Crippen molar-refractivity contribution < 1.29 is 0 Å². The van der Waals surface area contributed by atoms with Gasteiger partial charge in [0.25, 0.3) is 0 Å². The topological polar surface area (TPSA) is 16.1 Å². The predicted molar refractivity (Wildman–Crippen MR) is 78.0 cm³/mol. The lowest BCUT2D eigenvalue weighted by molar-refractivity contribution is 0.419. The Labute approximate surface area is 111 Å². The van der Waals surface area contributed by atoms with E-state index < -0.39 is 0 Å². The number of unbranched alkanes of at least 4 members (excludes halogenated alkanes) is 3. The molecule has 0 N–H and O–H groups in total. The molecule has 2 nitrogen and oxygen atoms in total. The molecule has 0 aliphatic carbocycles. The summed E-state index contributed by atoms with van der Waals surface area (Å²) in [5, 5.41) is 0. The number of hydrogen-bond acceptors (Lipinski definition) is 2. The highest BCUT2D eigenvalue weighted by Crippen LogP contribution is 2.26. The number of aromatic nitrogens is 1. The van der Waals surface area contributed by atoms with Gasteiger partial charge in [-0.1, -0.05) is 38.7 Å². The van der Waals surface area contributed by atoms with Gasteiger partial charge in [-0.25, -0.2) is 4.98 Å². The van der Waals surface area contributed by atoms with Crippen molar-refractivity contribution in [3.63, 3.8) is 0 Å². The lowest BCUT2D eigenvalue weighted by atomic mass is 9.96. The molecule has 0 bridgehead atoms. The van der Waals surface area contributed by atoms with Gasteiger partial charge in [-0.05, 0) is 37.8 Å². The largest absolute Gasteiger partial charge is 0.354 e. The van der Waals surface area contributed by atoms with Crippen LogP contribution in [-0.4, -0.2) is 17.6 Å². The first kappa shape index (κ1) is 13.4. The number of rotatable bonds is 6. The van der Waals surface area contributed by atoms with Crippen molar-refractivity contribution in [2.24, 2.45) is 0 Å². The summed E-state index contributed by atoms with van der Waals surface area (Å²) >= 11 is 0. The quantitative estimate of drug-likeness (QED) is 0.691. The van der Waals surface area contributed by atoms with Gasteiger partial charge in [0.15, 0.2) is 0 Å². The van der Waals surface area contributed by atoms with E-state index in [1.54, 1.807) is 0 Å². The molecule has 1 aliphatic heterocycles. The molecule has 0 aromatic carbocycles. The average Bonchev–Trinajstić information content (AvgIpc) is 2.45. The van der Waals surface area contributed by atoms with Crippen LogP contribution in [0.15, 0.2) is 24.4 Å². The van der Waals surface area contributed by atoms with Gasteiger partial charge in [-0.3, -0.25) is 0 Å². The Morgan fingerprint density at radius 1 is 1.22 bits per heavy atom. The van der Waals surface area contributed by atoms with Crippen LogP contribution in [0, 0.1) is 0 Å². The zero-order chi connectivity index (χ0) is 12.6. The van der Waals surface area contributed by atoms with Crippen LogP contribution >= 0.6 is 0 Å². The highest BCUT2D eigenvalue weighted by Gasteiger charge is 2.22. The fraction of sp³-hybridized carbons (Fsp3) is 0.688. The number of piperidine rings is 1. The third-order valence-electron chi connectivity index (χ3n) is 3.96. The van der Waals surface area contributed by atoms with Crippen LogP contribution in [0.1, 0.15) is 58.3 Å². The molecular formula is C16H26N2. The minimum absolute atomic E-state index is 0.727. The van der Waals surface area contributed by atoms with E-state index in [9.17, 15) is 0 Å². The van der Waals surface area contributed by atoms with Crippen LogP contribution in [0.25, 0.3) is 0 Å². The van der Waals surface area contributed by atoms with E-state index in [-0.39, 0.29) is 0 Å². The maximum absolute atomic E-state index is 4.52. The first-order valence-electron chi connectivity index (χ1n) is 7.59. The summed E-state index contributed by atoms with van der Waals surface area (Å²) in [5.74, 6) is 1.18. The van der Waals surface area contributed by atoms with Gasteiger partial charge in [-0.15, -0.1) is 0 Å². The normalized spacial score (nSPS) is 20.1. The van der Waals surface area contributed by atoms with Crippen molar-refractivity contribution in [2.75, 3.05) is 11.4 Å². The smallest absolute Gasteiger partial charge is 0.128 e. The Hall–Kier alpha value is -1.05. The van der Waals surface area contributed by atoms with E-state index in [4.69, 9.17) is 0 Å². The predicted octanol–water partition coefficient (Wildman–Crippen LogP) is 4.41. The maximum atomic E-state index is 4.52. The SMILES string of the molecule is CCCCCCC1CCCCN1c1ccccn1. The van der Waals surface area contributed by atoms with E-state index >= 15 is 0 Å². The molecule has 0 radical (unpaired) electrons. The summed E-state index contributed by atoms with van der Waals surface area (Å²) < 4.78 is 0. The van der Waals surface area contributed by atoms with Crippen molar-refractivity contribution in [1.29, 1.82) is 0 Å². The first-order chi connectivity index (χ1) is 8.92. The third-order valence-corrected chi connectivity index (χ3v) is 3.96. The van der Waals surface area contributed by atoms with Crippen molar-refractivity contribution in [1.82, 2.24) is 4.98 Å². The average molecular weight is 246 g/mol. The van der Waals surface area contributed by atoms with Crippen molar-refractivity contribution in [3.05, 3.63) is 24.4 Å². The summed E-state index contributed by atoms with van der Waals surface area (Å²) in [5.41, 5.74) is 0. The van der Waals surface area contributed by atoms with Gasteiger partial charge in [-0.2, -0.15) is 0 Å². The minimum Gasteiger partial charge on any atom is -0.354 e. The van der Waals surface area contributed by atoms with Crippen LogP contribution in [0.2, 0.25) is 0 Å². The number of pyridine rings is 1. The Bertz CT molecular complexity index is 323. The van der Waals surface area contributed by atoms with E-state index in [1.807, 2.05) is 12.3 Å². The van der Waals surface area contributed by atoms with Crippen molar-refractivity contribution in [2.45, 2.75) is 64.3 Å². The molecule has 1 unspecified atom stereocenters. The van der Waals surface area contributed by atoms with Gasteiger partial charge < -0.3 is 4.90 Å². The Kier molecular flexibility index (Phi) is 5.50. The van der Waals surface area contributed by atoms with Gasteiger partial charge in [0.1, 0.15) is 5.82 Å². The molecule has 18 heavy (non-hydrogen) atoms. The van der Waals surface area contributed by atoms with Crippen molar-refractivity contribution >= 4 is 5.82 Å². The monoisotopic (exact) mass is 246 g/mol. The van der Waals surface area contributed by atoms with Crippen LogP contribution < -0.4 is 4.90 Å². The van der Waals surface area contributed by atoms with E-state index in [2.05, 4.69) is 28.9 Å². The zero-order valence-corrected chi connectivity index (χ0v) is 11.6. The summed E-state index contributed by atoms with van der Waals surface area (Å²) in [6.45, 7) is 3.47. The molecule has 1 aliphatic rings. The molecule has 0 saturated carbocycles. The Morgan fingerprint density at radius 2 is 2.17 bits per heavy atom. The second kappa shape index (κ2) is 7.40. The molecule has 0 spiro atoms. The Balaban J connectivity index is 1.90. The molecule has 0 amide bonds. The molecule has 1 aromatic heterocycles. The minimum atomic E-state index is 0.727. The molecule has 1 fully saturated rings. The zero-order valence-electron chi connectivity index (χ0n) is 11.6. The molecular weight excluding hydrogens is 220 g/mol. The molecule has 1 atom stereocenters. The standard InChI is InChI=1S/C16H26N2/c1-2-3-4-5-10-15-11-7-9-14-18(15)16-12-6-8-13-17-16/h6,8,12-13,15H,2-5,7,9-11,14H2,1H3. The fourth-order valence-electron chi connectivity index (χ4n) is 2.93. The van der Waals surface area contributed by atoms with E-state index in [0.29, 0.717) is 0 Å². The highest BCUT2D eigenvalue weighted by atomic mass is 15.2. The molecule has 1 aromatic rings. The van der Waals surface area contributed by atoms with Crippen LogP contribution in [0.4, 0.5) is 5.82 Å². The first-order valence-corrected chi connectivity index (χ1v) is 7.59. The van der Waals surface area contributed by atoms with Crippen LogP contribution in [-0.2, 0) is 0 Å². The Morgan fingerprint density at radius 3 is 2.94 bits per heavy atom. The van der Waals surface area contributed by atoms with Gasteiger partial charge in [0.2, 0.25) is 0 Å². The fourth-order valence-corrected chi connectivity index (χ4v) is 2.93. The lowest BCUT2D eigenvalue weighted by Gasteiger charge is -2.36. The molecule has 2 heterocycles. The van der Waals surface area contributed by atoms with Gasteiger partial charge in [0.05, 0.1) is 0 Å². The second-order valence-electron chi connectivity index (χ2n) is 5.38. The highest BCUT2D eigenvalue weighted by molar-refractivity contribution is 5.39. The summed E-state index contributed by atoms with van der Waals surface area (Å²) in [6, 6.07) is 6.99. The summed E-state index contributed by atoms with van der Waals surface area (Å²) in [4.78, 5) is 7.06. The molecule has 100 valence electrons. The lowest BCUT2D eigenvalue weighted by Crippen LogP contribution is -2.40. The van der Waals surface area contributed by atoms with E-state index in [0.717, 1.165) is 6.04 Å². The van der Waals surface area contributed by atoms with Crippen LogP contribution in [0.5, 0.6) is 0 Å². The number of nitrogens with zero attached hydrogens (tertiary/aromatic N) is 2. The summed E-state index contributed by atoms with van der Waals surface area (Å²) in [7, 11) is 0. The number of hydrogen-bond donors (Lipinski definition) is 0. The third kappa shape index (κ3) is 3.72. The van der Waals surface area contributed by atoms with Crippen molar-refractivity contribution in [3.8, 4) is 0 Å². The molecule has 2 rings (SSSR count). The molecule has 2 heteroatoms. The molecule has 1 saturated heterocycles. The second-order valence-corrected chi connectivity index (χ2v) is 5.38. The van der Waals surface area contributed by atoms with E-state index in [1.165, 1.54) is 63.7 Å². The van der Waals surface area contributed by atoms with Gasteiger partial charge in [0, 0.05) is 18.8 Å².